The summed E-state index contributed by atoms with van der Waals surface area (Å²) in [5, 5.41) is 6.24. The molecule has 20 heavy (non-hydrogen) atoms. The first kappa shape index (κ1) is 14.7. The first-order valence-corrected chi connectivity index (χ1v) is 7.14. The van der Waals surface area contributed by atoms with Gasteiger partial charge in [-0.15, -0.1) is 0 Å². The molecule has 2 N–H and O–H groups in total. The fourth-order valence-electron chi connectivity index (χ4n) is 2.23. The molecule has 1 aliphatic heterocycles. The van der Waals surface area contributed by atoms with Crippen molar-refractivity contribution in [3.8, 4) is 11.5 Å². The second-order valence-corrected chi connectivity index (χ2v) is 4.78. The van der Waals surface area contributed by atoms with Gasteiger partial charge in [0, 0.05) is 12.6 Å². The smallest absolute Gasteiger partial charge is 0.258 e. The molecule has 1 amide bonds. The van der Waals surface area contributed by atoms with E-state index >= 15 is 0 Å². The molecule has 1 atom stereocenters. The highest BCUT2D eigenvalue weighted by molar-refractivity contribution is 5.78. The predicted octanol–water partition coefficient (Wildman–Crippen LogP) is 1.33. The fourth-order valence-corrected chi connectivity index (χ4v) is 2.23. The summed E-state index contributed by atoms with van der Waals surface area (Å²) in [6, 6.07) is 7.59. The first-order chi connectivity index (χ1) is 9.79. The Hall–Kier alpha value is -1.75. The van der Waals surface area contributed by atoms with Gasteiger partial charge in [0.05, 0.1) is 6.61 Å². The highest BCUT2D eigenvalue weighted by atomic mass is 16.5. The second-order valence-electron chi connectivity index (χ2n) is 4.78. The molecule has 1 unspecified atom stereocenters. The van der Waals surface area contributed by atoms with Crippen LogP contribution in [0.4, 0.5) is 0 Å². The van der Waals surface area contributed by atoms with Crippen LogP contribution in [-0.4, -0.2) is 38.3 Å². The molecule has 1 fully saturated rings. The van der Waals surface area contributed by atoms with Gasteiger partial charge in [-0.05, 0) is 38.4 Å². The van der Waals surface area contributed by atoms with Crippen molar-refractivity contribution in [2.45, 2.75) is 25.8 Å². The third-order valence-electron chi connectivity index (χ3n) is 3.17. The van der Waals surface area contributed by atoms with E-state index in [1.54, 1.807) is 6.07 Å². The molecule has 5 nitrogen and oxygen atoms in total. The zero-order chi connectivity index (χ0) is 14.2. The number of nitrogens with one attached hydrogen (secondary N) is 2. The van der Waals surface area contributed by atoms with Crippen LogP contribution in [-0.2, 0) is 4.79 Å². The molecule has 1 saturated heterocycles. The first-order valence-electron chi connectivity index (χ1n) is 7.14. The predicted molar refractivity (Wildman–Crippen MR) is 77.1 cm³/mol. The topological polar surface area (TPSA) is 59.6 Å². The lowest BCUT2D eigenvalue weighted by Crippen LogP contribution is -2.47. The summed E-state index contributed by atoms with van der Waals surface area (Å²) >= 11 is 0. The highest BCUT2D eigenvalue weighted by Crippen LogP contribution is 2.26. The van der Waals surface area contributed by atoms with Gasteiger partial charge in [-0.25, -0.2) is 0 Å². The third kappa shape index (κ3) is 4.42. The van der Waals surface area contributed by atoms with E-state index in [-0.39, 0.29) is 18.6 Å². The van der Waals surface area contributed by atoms with E-state index in [0.717, 1.165) is 25.9 Å². The van der Waals surface area contributed by atoms with Gasteiger partial charge in [-0.3, -0.25) is 4.79 Å². The number of ether oxygens (including phenoxy) is 2. The number of carbonyl (C=O) groups excluding carboxylic acids is 1. The van der Waals surface area contributed by atoms with Gasteiger partial charge < -0.3 is 20.1 Å². The van der Waals surface area contributed by atoms with Gasteiger partial charge >= 0.3 is 0 Å². The zero-order valence-corrected chi connectivity index (χ0v) is 11.9. The second kappa shape index (κ2) is 7.75. The Bertz CT molecular complexity index is 431. The maximum absolute atomic E-state index is 11.8. The Kier molecular flexibility index (Phi) is 5.68. The standard InChI is InChI=1S/C15H22N2O3/c1-2-19-13-7-3-4-8-14(13)20-11-15(18)17-12-6-5-9-16-10-12/h3-4,7-8,12,16H,2,5-6,9-11H2,1H3,(H,17,18). The van der Waals surface area contributed by atoms with Crippen LogP contribution in [0.15, 0.2) is 24.3 Å². The van der Waals surface area contributed by atoms with Gasteiger partial charge in [-0.1, -0.05) is 12.1 Å². The Labute approximate surface area is 119 Å². The van der Waals surface area contributed by atoms with Crippen LogP contribution in [0, 0.1) is 0 Å². The molecule has 0 spiro atoms. The lowest BCUT2D eigenvalue weighted by molar-refractivity contribution is -0.123. The number of carbonyl (C=O) groups is 1. The molecule has 1 aromatic carbocycles. The van der Waals surface area contributed by atoms with Gasteiger partial charge in [0.2, 0.25) is 0 Å². The normalized spacial score (nSPS) is 18.4. The molecular formula is C15H22N2O3. The average molecular weight is 278 g/mol. The molecule has 1 heterocycles. The van der Waals surface area contributed by atoms with E-state index in [9.17, 15) is 4.79 Å². The molecule has 0 bridgehead atoms. The van der Waals surface area contributed by atoms with Crippen molar-refractivity contribution in [2.24, 2.45) is 0 Å². The largest absolute Gasteiger partial charge is 0.490 e. The van der Waals surface area contributed by atoms with Crippen LogP contribution in [0.5, 0.6) is 11.5 Å². The lowest BCUT2D eigenvalue weighted by Gasteiger charge is -2.23. The summed E-state index contributed by atoms with van der Waals surface area (Å²) in [6.07, 6.45) is 2.12. The SMILES string of the molecule is CCOc1ccccc1OCC(=O)NC1CCCNC1. The summed E-state index contributed by atoms with van der Waals surface area (Å²) < 4.78 is 11.0. The summed E-state index contributed by atoms with van der Waals surface area (Å²) in [6.45, 7) is 4.37. The average Bonchev–Trinajstić information content (AvgIpc) is 2.48. The molecule has 5 heteroatoms. The Balaban J connectivity index is 1.80. The minimum absolute atomic E-state index is 0.0145. The third-order valence-corrected chi connectivity index (χ3v) is 3.17. The number of hydrogen-bond acceptors (Lipinski definition) is 4. The number of amides is 1. The van der Waals surface area contributed by atoms with Crippen LogP contribution in [0.1, 0.15) is 19.8 Å². The van der Waals surface area contributed by atoms with Gasteiger partial charge in [0.15, 0.2) is 18.1 Å². The van der Waals surface area contributed by atoms with Crippen molar-refractivity contribution in [3.05, 3.63) is 24.3 Å². The maximum atomic E-state index is 11.8. The fraction of sp³-hybridized carbons (Fsp3) is 0.533. The van der Waals surface area contributed by atoms with Crippen molar-refractivity contribution < 1.29 is 14.3 Å². The molecule has 2 rings (SSSR count). The minimum Gasteiger partial charge on any atom is -0.490 e. The van der Waals surface area contributed by atoms with E-state index in [4.69, 9.17) is 9.47 Å². The van der Waals surface area contributed by atoms with Crippen LogP contribution >= 0.6 is 0 Å². The summed E-state index contributed by atoms with van der Waals surface area (Å²) in [5.74, 6) is 1.18. The van der Waals surface area contributed by atoms with Gasteiger partial charge in [0.25, 0.3) is 5.91 Å². The lowest BCUT2D eigenvalue weighted by atomic mass is 10.1. The molecule has 110 valence electrons. The molecular weight excluding hydrogens is 256 g/mol. The van der Waals surface area contributed by atoms with E-state index in [1.807, 2.05) is 25.1 Å². The highest BCUT2D eigenvalue weighted by Gasteiger charge is 2.15. The number of para-hydroxylation sites is 2. The zero-order valence-electron chi connectivity index (χ0n) is 11.9. The van der Waals surface area contributed by atoms with E-state index in [1.165, 1.54) is 0 Å². The number of piperidine rings is 1. The summed E-state index contributed by atoms with van der Waals surface area (Å²) in [5.41, 5.74) is 0. The van der Waals surface area contributed by atoms with Gasteiger partial charge in [-0.2, -0.15) is 0 Å². The number of hydrogen-bond donors (Lipinski definition) is 2. The minimum atomic E-state index is -0.0926. The van der Waals surface area contributed by atoms with Crippen LogP contribution in [0.3, 0.4) is 0 Å². The summed E-state index contributed by atoms with van der Waals surface area (Å²) in [4.78, 5) is 11.8. The number of benzene rings is 1. The molecule has 0 saturated carbocycles. The number of rotatable bonds is 6. The van der Waals surface area contributed by atoms with Crippen LogP contribution in [0.2, 0.25) is 0 Å². The molecule has 1 aromatic rings. The Morgan fingerprint density at radius 2 is 2.10 bits per heavy atom. The van der Waals surface area contributed by atoms with Crippen molar-refractivity contribution in [3.63, 3.8) is 0 Å². The Morgan fingerprint density at radius 3 is 2.75 bits per heavy atom. The van der Waals surface area contributed by atoms with E-state index in [2.05, 4.69) is 10.6 Å². The van der Waals surface area contributed by atoms with Gasteiger partial charge in [0.1, 0.15) is 0 Å². The van der Waals surface area contributed by atoms with Crippen LogP contribution in [0.25, 0.3) is 0 Å². The van der Waals surface area contributed by atoms with E-state index < -0.39 is 0 Å². The van der Waals surface area contributed by atoms with Crippen molar-refractivity contribution in [2.75, 3.05) is 26.3 Å². The van der Waals surface area contributed by atoms with Crippen molar-refractivity contribution >= 4 is 5.91 Å². The monoisotopic (exact) mass is 278 g/mol. The molecule has 0 aliphatic carbocycles. The quantitative estimate of drug-likeness (QED) is 0.824. The van der Waals surface area contributed by atoms with E-state index in [0.29, 0.717) is 18.1 Å². The van der Waals surface area contributed by atoms with Crippen LogP contribution < -0.4 is 20.1 Å². The maximum Gasteiger partial charge on any atom is 0.258 e. The molecule has 0 radical (unpaired) electrons. The molecule has 1 aliphatic rings. The molecule has 0 aromatic heterocycles. The van der Waals surface area contributed by atoms with Crippen molar-refractivity contribution in [1.82, 2.24) is 10.6 Å². The Morgan fingerprint density at radius 1 is 1.35 bits per heavy atom. The summed E-state index contributed by atoms with van der Waals surface area (Å²) in [7, 11) is 0. The van der Waals surface area contributed by atoms with Crippen molar-refractivity contribution in [1.29, 1.82) is 0 Å².